The van der Waals surface area contributed by atoms with Crippen molar-refractivity contribution in [2.75, 3.05) is 0 Å². The minimum Gasteiger partial charge on any atom is -0.465 e. The molecule has 0 saturated heterocycles. The number of imidazole rings is 1. The summed E-state index contributed by atoms with van der Waals surface area (Å²) in [4.78, 5) is 29.2. The summed E-state index contributed by atoms with van der Waals surface area (Å²) in [5.41, 5.74) is 0.645. The van der Waals surface area contributed by atoms with Gasteiger partial charge in [0.2, 0.25) is 0 Å². The molecule has 2 N–H and O–H groups in total. The van der Waals surface area contributed by atoms with Gasteiger partial charge in [0, 0.05) is 31.1 Å². The number of carboxylic acid groups (broad SMARTS) is 1. The van der Waals surface area contributed by atoms with Gasteiger partial charge >= 0.3 is 6.09 Å². The van der Waals surface area contributed by atoms with E-state index >= 15 is 0 Å². The van der Waals surface area contributed by atoms with Crippen molar-refractivity contribution in [1.82, 2.24) is 14.9 Å². The van der Waals surface area contributed by atoms with Crippen molar-refractivity contribution in [2.45, 2.75) is 13.1 Å². The molecule has 1 amide bonds. The van der Waals surface area contributed by atoms with Gasteiger partial charge in [0.15, 0.2) is 0 Å². The number of non-ortho nitro benzene ring substituents is 1. The number of hydrogen-bond donors (Lipinski definition) is 2. The Hall–Kier alpha value is -2.90. The molecule has 0 spiro atoms. The van der Waals surface area contributed by atoms with E-state index in [9.17, 15) is 14.9 Å². The first-order chi connectivity index (χ1) is 9.56. The van der Waals surface area contributed by atoms with Gasteiger partial charge in [-0.2, -0.15) is 0 Å². The molecular formula is C12H12N4O4. The highest BCUT2D eigenvalue weighted by Crippen LogP contribution is 2.14. The van der Waals surface area contributed by atoms with Gasteiger partial charge in [-0.25, -0.2) is 9.78 Å². The largest absolute Gasteiger partial charge is 0.465 e. The van der Waals surface area contributed by atoms with Crippen LogP contribution in [0.5, 0.6) is 0 Å². The van der Waals surface area contributed by atoms with E-state index in [4.69, 9.17) is 5.11 Å². The molecule has 0 fully saturated rings. The van der Waals surface area contributed by atoms with Crippen LogP contribution in [-0.2, 0) is 13.1 Å². The second-order valence-corrected chi connectivity index (χ2v) is 4.10. The minimum absolute atomic E-state index is 0.0262. The average Bonchev–Trinajstić information content (AvgIpc) is 2.91. The molecule has 0 aliphatic heterocycles. The normalized spacial score (nSPS) is 10.2. The molecular weight excluding hydrogens is 264 g/mol. The third-order valence-electron chi connectivity index (χ3n) is 2.69. The Morgan fingerprint density at radius 2 is 2.05 bits per heavy atom. The lowest BCUT2D eigenvalue weighted by Gasteiger charge is -2.17. The van der Waals surface area contributed by atoms with Crippen LogP contribution in [0.4, 0.5) is 10.5 Å². The third kappa shape index (κ3) is 3.31. The fraction of sp³-hybridized carbons (Fsp3) is 0.167. The Kier molecular flexibility index (Phi) is 3.94. The van der Waals surface area contributed by atoms with Crippen molar-refractivity contribution >= 4 is 11.8 Å². The van der Waals surface area contributed by atoms with Gasteiger partial charge in [0.1, 0.15) is 5.82 Å². The maximum absolute atomic E-state index is 11.2. The zero-order chi connectivity index (χ0) is 14.5. The maximum Gasteiger partial charge on any atom is 0.408 e. The number of carbonyl (C=O) groups is 1. The van der Waals surface area contributed by atoms with Crippen molar-refractivity contribution in [3.8, 4) is 0 Å². The highest BCUT2D eigenvalue weighted by atomic mass is 16.6. The van der Waals surface area contributed by atoms with E-state index in [2.05, 4.69) is 9.97 Å². The lowest BCUT2D eigenvalue weighted by Crippen LogP contribution is -2.28. The zero-order valence-corrected chi connectivity index (χ0v) is 10.4. The van der Waals surface area contributed by atoms with Crippen LogP contribution in [0.15, 0.2) is 36.7 Å². The van der Waals surface area contributed by atoms with Crippen LogP contribution in [0.2, 0.25) is 0 Å². The van der Waals surface area contributed by atoms with Crippen molar-refractivity contribution in [3.63, 3.8) is 0 Å². The Morgan fingerprint density at radius 3 is 2.55 bits per heavy atom. The lowest BCUT2D eigenvalue weighted by atomic mass is 10.2. The van der Waals surface area contributed by atoms with Crippen LogP contribution < -0.4 is 0 Å². The van der Waals surface area contributed by atoms with Crippen LogP contribution in [-0.4, -0.2) is 31.0 Å². The molecule has 2 aromatic rings. The van der Waals surface area contributed by atoms with Gasteiger partial charge < -0.3 is 10.1 Å². The first-order valence-electron chi connectivity index (χ1n) is 5.75. The number of amides is 1. The van der Waals surface area contributed by atoms with E-state index in [1.54, 1.807) is 12.4 Å². The summed E-state index contributed by atoms with van der Waals surface area (Å²) in [5.74, 6) is 0.536. The summed E-state index contributed by atoms with van der Waals surface area (Å²) in [6.45, 7) is 0.257. The number of nitro benzene ring substituents is 1. The van der Waals surface area contributed by atoms with Crippen LogP contribution in [0.25, 0.3) is 0 Å². The number of nitrogens with zero attached hydrogens (tertiary/aromatic N) is 3. The van der Waals surface area contributed by atoms with Crippen LogP contribution in [0, 0.1) is 10.1 Å². The predicted octanol–water partition coefficient (Wildman–Crippen LogP) is 2.00. The van der Waals surface area contributed by atoms with Gasteiger partial charge in [0.05, 0.1) is 11.5 Å². The molecule has 1 aromatic heterocycles. The molecule has 2 rings (SSSR count). The van der Waals surface area contributed by atoms with E-state index in [0.717, 1.165) is 0 Å². The Morgan fingerprint density at radius 1 is 1.35 bits per heavy atom. The van der Waals surface area contributed by atoms with E-state index in [-0.39, 0.29) is 18.8 Å². The smallest absolute Gasteiger partial charge is 0.408 e. The number of benzene rings is 1. The number of rotatable bonds is 5. The second kappa shape index (κ2) is 5.83. The Balaban J connectivity index is 2.08. The monoisotopic (exact) mass is 276 g/mol. The second-order valence-electron chi connectivity index (χ2n) is 4.10. The Bertz CT molecular complexity index is 594. The maximum atomic E-state index is 11.2. The van der Waals surface area contributed by atoms with Crippen molar-refractivity contribution in [1.29, 1.82) is 0 Å². The van der Waals surface area contributed by atoms with Crippen LogP contribution in [0.3, 0.4) is 0 Å². The van der Waals surface area contributed by atoms with Crippen LogP contribution in [0.1, 0.15) is 11.4 Å². The van der Waals surface area contributed by atoms with E-state index < -0.39 is 11.0 Å². The van der Waals surface area contributed by atoms with Gasteiger partial charge in [-0.1, -0.05) is 12.1 Å². The standard InChI is InChI=1S/C12H12N4O4/c17-12(18)15(8-11-13-5-6-14-11)7-9-1-3-10(4-2-9)16(19)20/h1-6H,7-8H2,(H,13,14)(H,17,18). The number of nitro groups is 1. The average molecular weight is 276 g/mol. The van der Waals surface area contributed by atoms with Crippen molar-refractivity contribution < 1.29 is 14.8 Å². The molecule has 1 aromatic carbocycles. The van der Waals surface area contributed by atoms with E-state index in [1.165, 1.54) is 29.2 Å². The Labute approximate surface area is 113 Å². The SMILES string of the molecule is O=C(O)N(Cc1ccc([N+](=O)[O-])cc1)Cc1ncc[nH]1. The van der Waals surface area contributed by atoms with Gasteiger partial charge in [-0.05, 0) is 5.56 Å². The first kappa shape index (κ1) is 13.5. The van der Waals surface area contributed by atoms with Crippen LogP contribution >= 0.6 is 0 Å². The van der Waals surface area contributed by atoms with Crippen molar-refractivity contribution in [3.05, 3.63) is 58.2 Å². The molecule has 104 valence electrons. The predicted molar refractivity (Wildman–Crippen MR) is 69.0 cm³/mol. The summed E-state index contributed by atoms with van der Waals surface area (Å²) in [7, 11) is 0. The zero-order valence-electron chi connectivity index (χ0n) is 10.4. The summed E-state index contributed by atoms with van der Waals surface area (Å²) in [5, 5.41) is 19.7. The van der Waals surface area contributed by atoms with Gasteiger partial charge in [0.25, 0.3) is 5.69 Å². The lowest BCUT2D eigenvalue weighted by molar-refractivity contribution is -0.384. The third-order valence-corrected chi connectivity index (χ3v) is 2.69. The summed E-state index contributed by atoms with van der Waals surface area (Å²) < 4.78 is 0. The quantitative estimate of drug-likeness (QED) is 0.640. The number of hydrogen-bond acceptors (Lipinski definition) is 4. The summed E-state index contributed by atoms with van der Waals surface area (Å²) in [6.07, 6.45) is 2.07. The fourth-order valence-corrected chi connectivity index (χ4v) is 1.70. The van der Waals surface area contributed by atoms with E-state index in [1.807, 2.05) is 0 Å². The molecule has 0 radical (unpaired) electrons. The van der Waals surface area contributed by atoms with Gasteiger partial charge in [-0.3, -0.25) is 15.0 Å². The van der Waals surface area contributed by atoms with E-state index in [0.29, 0.717) is 11.4 Å². The highest BCUT2D eigenvalue weighted by Gasteiger charge is 2.14. The highest BCUT2D eigenvalue weighted by molar-refractivity contribution is 5.65. The summed E-state index contributed by atoms with van der Waals surface area (Å²) in [6, 6.07) is 5.77. The molecule has 0 unspecified atom stereocenters. The number of aromatic nitrogens is 2. The molecule has 0 atom stereocenters. The molecule has 0 aliphatic carbocycles. The molecule has 1 heterocycles. The topological polar surface area (TPSA) is 112 Å². The molecule has 0 saturated carbocycles. The molecule has 0 aliphatic rings. The fourth-order valence-electron chi connectivity index (χ4n) is 1.70. The minimum atomic E-state index is -1.08. The molecule has 20 heavy (non-hydrogen) atoms. The number of nitrogens with one attached hydrogen (secondary N) is 1. The number of aromatic amines is 1. The first-order valence-corrected chi connectivity index (χ1v) is 5.75. The molecule has 8 heteroatoms. The number of H-pyrrole nitrogens is 1. The molecule has 0 bridgehead atoms. The summed E-state index contributed by atoms with van der Waals surface area (Å²) >= 11 is 0. The molecule has 8 nitrogen and oxygen atoms in total. The van der Waals surface area contributed by atoms with Gasteiger partial charge in [-0.15, -0.1) is 0 Å². The van der Waals surface area contributed by atoms with Crippen molar-refractivity contribution in [2.24, 2.45) is 0 Å².